The SMILES string of the molecule is C=COc1ccc2cc(Br)ccc2c1-c1c(OC(=O)C(C)(C)C)ccc2cc(Br)ccc12. The average molecular weight is 554 g/mol. The molecule has 0 aromatic heterocycles. The van der Waals surface area contributed by atoms with Gasteiger partial charge in [-0.05, 0) is 78.7 Å². The first-order chi connectivity index (χ1) is 15.2. The zero-order valence-electron chi connectivity index (χ0n) is 18.0. The Morgan fingerprint density at radius 1 is 0.812 bits per heavy atom. The zero-order valence-corrected chi connectivity index (χ0v) is 21.2. The van der Waals surface area contributed by atoms with Gasteiger partial charge in [-0.3, -0.25) is 4.79 Å². The number of hydrogen-bond donors (Lipinski definition) is 0. The van der Waals surface area contributed by atoms with Crippen LogP contribution in [-0.4, -0.2) is 5.97 Å². The van der Waals surface area contributed by atoms with E-state index >= 15 is 0 Å². The van der Waals surface area contributed by atoms with Crippen LogP contribution in [0.4, 0.5) is 0 Å². The largest absolute Gasteiger partial charge is 0.465 e. The van der Waals surface area contributed by atoms with E-state index in [1.807, 2.05) is 75.4 Å². The van der Waals surface area contributed by atoms with Crippen molar-refractivity contribution in [1.82, 2.24) is 0 Å². The highest BCUT2D eigenvalue weighted by molar-refractivity contribution is 9.10. The van der Waals surface area contributed by atoms with E-state index in [9.17, 15) is 4.79 Å². The second-order valence-corrected chi connectivity index (χ2v) is 10.4. The van der Waals surface area contributed by atoms with E-state index in [2.05, 4.69) is 44.5 Å². The van der Waals surface area contributed by atoms with E-state index < -0.39 is 5.41 Å². The summed E-state index contributed by atoms with van der Waals surface area (Å²) in [6.07, 6.45) is 1.41. The predicted octanol–water partition coefficient (Wildman–Crippen LogP) is 8.66. The molecular weight excluding hydrogens is 532 g/mol. The smallest absolute Gasteiger partial charge is 0.316 e. The first-order valence-electron chi connectivity index (χ1n) is 10.1. The van der Waals surface area contributed by atoms with Crippen molar-refractivity contribution < 1.29 is 14.3 Å². The fraction of sp³-hybridized carbons (Fsp3) is 0.148. The lowest BCUT2D eigenvalue weighted by Crippen LogP contribution is -2.25. The van der Waals surface area contributed by atoms with Gasteiger partial charge in [0.1, 0.15) is 11.5 Å². The van der Waals surface area contributed by atoms with Crippen LogP contribution in [0.15, 0.2) is 82.5 Å². The molecule has 0 unspecified atom stereocenters. The Hall–Kier alpha value is -2.63. The van der Waals surface area contributed by atoms with Gasteiger partial charge in [0.15, 0.2) is 0 Å². The van der Waals surface area contributed by atoms with Crippen molar-refractivity contribution >= 4 is 59.4 Å². The van der Waals surface area contributed by atoms with Crippen LogP contribution in [0.1, 0.15) is 20.8 Å². The molecule has 4 aromatic rings. The van der Waals surface area contributed by atoms with Gasteiger partial charge in [-0.1, -0.05) is 62.7 Å². The van der Waals surface area contributed by atoms with E-state index in [0.717, 1.165) is 41.6 Å². The maximum absolute atomic E-state index is 12.8. The summed E-state index contributed by atoms with van der Waals surface area (Å²) in [5.41, 5.74) is 1.01. The number of halogens is 2. The van der Waals surface area contributed by atoms with Crippen molar-refractivity contribution in [2.45, 2.75) is 20.8 Å². The van der Waals surface area contributed by atoms with Crippen LogP contribution in [0.25, 0.3) is 32.7 Å². The average Bonchev–Trinajstić information content (AvgIpc) is 2.73. The molecule has 3 nitrogen and oxygen atoms in total. The first-order valence-corrected chi connectivity index (χ1v) is 11.7. The molecule has 0 fully saturated rings. The molecule has 162 valence electrons. The second-order valence-electron chi connectivity index (χ2n) is 8.53. The van der Waals surface area contributed by atoms with Crippen LogP contribution in [-0.2, 0) is 4.79 Å². The quantitative estimate of drug-likeness (QED) is 0.144. The predicted molar refractivity (Wildman–Crippen MR) is 138 cm³/mol. The van der Waals surface area contributed by atoms with E-state index in [-0.39, 0.29) is 5.97 Å². The third-order valence-corrected chi connectivity index (χ3v) is 6.15. The number of ether oxygens (including phenoxy) is 2. The zero-order chi connectivity index (χ0) is 23.0. The van der Waals surface area contributed by atoms with Gasteiger partial charge in [-0.15, -0.1) is 0 Å². The van der Waals surface area contributed by atoms with Crippen LogP contribution < -0.4 is 9.47 Å². The van der Waals surface area contributed by atoms with Gasteiger partial charge in [0, 0.05) is 20.1 Å². The number of hydrogen-bond acceptors (Lipinski definition) is 3. The Morgan fingerprint density at radius 2 is 1.31 bits per heavy atom. The molecule has 32 heavy (non-hydrogen) atoms. The Balaban J connectivity index is 2.12. The van der Waals surface area contributed by atoms with Gasteiger partial charge in [0.25, 0.3) is 0 Å². The normalized spacial score (nSPS) is 11.5. The Labute approximate surface area is 204 Å². The summed E-state index contributed by atoms with van der Waals surface area (Å²) in [4.78, 5) is 12.8. The summed E-state index contributed by atoms with van der Waals surface area (Å²) in [7, 11) is 0. The van der Waals surface area contributed by atoms with Crippen molar-refractivity contribution in [1.29, 1.82) is 0 Å². The van der Waals surface area contributed by atoms with Crippen LogP contribution >= 0.6 is 31.9 Å². The summed E-state index contributed by atoms with van der Waals surface area (Å²) in [6.45, 7) is 9.27. The molecule has 0 aliphatic heterocycles. The maximum atomic E-state index is 12.8. The van der Waals surface area contributed by atoms with E-state index in [1.54, 1.807) is 0 Å². The lowest BCUT2D eigenvalue weighted by Gasteiger charge is -2.21. The standard InChI is InChI=1S/C27H22Br2O3/c1-5-31-22-12-6-16-14-18(28)8-10-20(16)24(22)25-21-11-9-19(29)15-17(21)7-13-23(25)32-26(30)27(2,3)4/h5-15H,1H2,2-4H3. The topological polar surface area (TPSA) is 35.5 Å². The summed E-state index contributed by atoms with van der Waals surface area (Å²) < 4.78 is 13.8. The Morgan fingerprint density at radius 3 is 1.81 bits per heavy atom. The molecular formula is C27H22Br2O3. The van der Waals surface area contributed by atoms with Crippen LogP contribution in [0.2, 0.25) is 0 Å². The Bertz CT molecular complexity index is 1370. The summed E-state index contributed by atoms with van der Waals surface area (Å²) in [5, 5.41) is 3.99. The minimum Gasteiger partial charge on any atom is -0.465 e. The fourth-order valence-corrected chi connectivity index (χ4v) is 4.36. The minimum absolute atomic E-state index is 0.301. The molecule has 0 N–H and O–H groups in total. The summed E-state index contributed by atoms with van der Waals surface area (Å²) >= 11 is 7.11. The molecule has 0 aliphatic carbocycles. The monoisotopic (exact) mass is 552 g/mol. The molecule has 0 aliphatic rings. The lowest BCUT2D eigenvalue weighted by molar-refractivity contribution is -0.142. The van der Waals surface area contributed by atoms with Gasteiger partial charge >= 0.3 is 5.97 Å². The highest BCUT2D eigenvalue weighted by Gasteiger charge is 2.27. The van der Waals surface area contributed by atoms with Crippen LogP contribution in [0.5, 0.6) is 11.5 Å². The van der Waals surface area contributed by atoms with Crippen molar-refractivity contribution in [2.24, 2.45) is 5.41 Å². The van der Waals surface area contributed by atoms with E-state index in [0.29, 0.717) is 11.5 Å². The number of carbonyl (C=O) groups excluding carboxylic acids is 1. The highest BCUT2D eigenvalue weighted by Crippen LogP contribution is 2.46. The van der Waals surface area contributed by atoms with Gasteiger partial charge in [0.2, 0.25) is 0 Å². The molecule has 4 rings (SSSR count). The lowest BCUT2D eigenvalue weighted by atomic mass is 9.92. The molecule has 0 atom stereocenters. The van der Waals surface area contributed by atoms with Gasteiger partial charge in [0.05, 0.1) is 11.7 Å². The highest BCUT2D eigenvalue weighted by atomic mass is 79.9. The number of esters is 1. The summed E-state index contributed by atoms with van der Waals surface area (Å²) in [6, 6.07) is 19.9. The number of fused-ring (bicyclic) bond motifs is 2. The molecule has 0 heterocycles. The molecule has 0 saturated carbocycles. The number of rotatable bonds is 4. The molecule has 0 spiro atoms. The Kier molecular flexibility index (Phi) is 6.15. The van der Waals surface area contributed by atoms with Crippen molar-refractivity contribution in [3.05, 3.63) is 82.5 Å². The van der Waals surface area contributed by atoms with Gasteiger partial charge < -0.3 is 9.47 Å². The van der Waals surface area contributed by atoms with Crippen LogP contribution in [0.3, 0.4) is 0 Å². The third-order valence-electron chi connectivity index (χ3n) is 5.16. The molecule has 0 radical (unpaired) electrons. The van der Waals surface area contributed by atoms with Gasteiger partial charge in [-0.25, -0.2) is 0 Å². The molecule has 0 amide bonds. The number of benzene rings is 4. The molecule has 0 saturated heterocycles. The second kappa shape index (κ2) is 8.72. The van der Waals surface area contributed by atoms with Gasteiger partial charge in [-0.2, -0.15) is 0 Å². The van der Waals surface area contributed by atoms with Crippen LogP contribution in [0, 0.1) is 5.41 Å². The molecule has 0 bridgehead atoms. The molecule has 5 heteroatoms. The van der Waals surface area contributed by atoms with E-state index in [4.69, 9.17) is 9.47 Å². The van der Waals surface area contributed by atoms with Crippen molar-refractivity contribution in [3.8, 4) is 22.6 Å². The minimum atomic E-state index is -0.643. The van der Waals surface area contributed by atoms with Crippen molar-refractivity contribution in [3.63, 3.8) is 0 Å². The number of carbonyl (C=O) groups is 1. The first kappa shape index (κ1) is 22.6. The third kappa shape index (κ3) is 4.32. The molecule has 4 aromatic carbocycles. The maximum Gasteiger partial charge on any atom is 0.316 e. The van der Waals surface area contributed by atoms with Crippen molar-refractivity contribution in [2.75, 3.05) is 0 Å². The summed E-state index contributed by atoms with van der Waals surface area (Å²) in [5.74, 6) is 0.826. The fourth-order valence-electron chi connectivity index (χ4n) is 3.60. The van der Waals surface area contributed by atoms with E-state index in [1.165, 1.54) is 6.26 Å².